The first-order valence-corrected chi connectivity index (χ1v) is 7.46. The summed E-state index contributed by atoms with van der Waals surface area (Å²) in [4.78, 5) is 9.76. The second-order valence-corrected chi connectivity index (χ2v) is 5.69. The fraction of sp³-hybridized carbons (Fsp3) is 0.267. The summed E-state index contributed by atoms with van der Waals surface area (Å²) in [5, 5.41) is 4.92. The molecule has 114 valence electrons. The van der Waals surface area contributed by atoms with Crippen LogP contribution >= 0.6 is 11.3 Å². The Labute approximate surface area is 131 Å². The Bertz CT molecular complexity index is 765. The average molecular weight is 317 g/mol. The van der Waals surface area contributed by atoms with Gasteiger partial charge in [0.15, 0.2) is 0 Å². The zero-order chi connectivity index (χ0) is 15.5. The third kappa shape index (κ3) is 2.86. The van der Waals surface area contributed by atoms with Crippen LogP contribution in [0.3, 0.4) is 0 Å². The van der Waals surface area contributed by atoms with Crippen LogP contribution in [0.1, 0.15) is 10.7 Å². The molecule has 0 saturated heterocycles. The molecule has 0 aliphatic heterocycles. The fourth-order valence-electron chi connectivity index (χ4n) is 2.01. The van der Waals surface area contributed by atoms with E-state index in [1.165, 1.54) is 11.3 Å². The lowest BCUT2D eigenvalue weighted by atomic mass is 10.2. The van der Waals surface area contributed by atoms with Gasteiger partial charge in [0.25, 0.3) is 5.89 Å². The van der Waals surface area contributed by atoms with Gasteiger partial charge in [-0.25, -0.2) is 4.98 Å². The summed E-state index contributed by atoms with van der Waals surface area (Å²) >= 11 is 1.50. The third-order valence-corrected chi connectivity index (χ3v) is 4.20. The van der Waals surface area contributed by atoms with Crippen molar-refractivity contribution in [2.75, 3.05) is 14.2 Å². The van der Waals surface area contributed by atoms with E-state index < -0.39 is 0 Å². The van der Waals surface area contributed by atoms with Gasteiger partial charge in [-0.3, -0.25) is 0 Å². The monoisotopic (exact) mass is 317 g/mol. The number of rotatable bonds is 5. The third-order valence-electron chi connectivity index (χ3n) is 3.08. The van der Waals surface area contributed by atoms with Crippen molar-refractivity contribution in [3.63, 3.8) is 0 Å². The van der Waals surface area contributed by atoms with Gasteiger partial charge in [0, 0.05) is 12.7 Å². The van der Waals surface area contributed by atoms with Gasteiger partial charge in [0.1, 0.15) is 15.6 Å². The van der Waals surface area contributed by atoms with Crippen LogP contribution in [0.5, 0.6) is 5.75 Å². The Morgan fingerprint density at radius 1 is 1.14 bits per heavy atom. The predicted molar refractivity (Wildman–Crippen MR) is 82.8 cm³/mol. The van der Waals surface area contributed by atoms with E-state index in [1.807, 2.05) is 31.2 Å². The summed E-state index contributed by atoms with van der Waals surface area (Å²) in [6, 6.07) is 7.51. The van der Waals surface area contributed by atoms with Crippen LogP contribution in [0.15, 0.2) is 28.8 Å². The lowest BCUT2D eigenvalue weighted by Gasteiger charge is -1.98. The number of aryl methyl sites for hydroxylation is 1. The summed E-state index contributed by atoms with van der Waals surface area (Å²) in [6.07, 6.45) is 0. The van der Waals surface area contributed by atoms with Gasteiger partial charge in [0.05, 0.1) is 19.4 Å². The minimum Gasteiger partial charge on any atom is -0.497 e. The topological polar surface area (TPSA) is 70.3 Å². The molecule has 7 heteroatoms. The van der Waals surface area contributed by atoms with Crippen LogP contribution in [0.25, 0.3) is 22.2 Å². The van der Waals surface area contributed by atoms with Crippen LogP contribution in [-0.4, -0.2) is 29.3 Å². The number of ether oxygens (including phenoxy) is 2. The highest BCUT2D eigenvalue weighted by atomic mass is 32.1. The van der Waals surface area contributed by atoms with E-state index in [9.17, 15) is 0 Å². The summed E-state index contributed by atoms with van der Waals surface area (Å²) in [5.74, 6) is 1.80. The zero-order valence-electron chi connectivity index (χ0n) is 12.5. The predicted octanol–water partition coefficient (Wildman–Crippen LogP) is 3.32. The molecular weight excluding hydrogens is 302 g/mol. The minimum atomic E-state index is 0.475. The van der Waals surface area contributed by atoms with Crippen LogP contribution in [0.2, 0.25) is 0 Å². The SMILES string of the molecule is COCc1nc(C)c(-c2nc(-c3ccc(OC)cc3)no2)s1. The number of methoxy groups -OCH3 is 2. The van der Waals surface area contributed by atoms with E-state index in [0.717, 1.165) is 26.9 Å². The molecule has 0 N–H and O–H groups in total. The number of aromatic nitrogens is 3. The largest absolute Gasteiger partial charge is 0.497 e. The summed E-state index contributed by atoms with van der Waals surface area (Å²) < 4.78 is 15.6. The smallest absolute Gasteiger partial charge is 0.270 e. The van der Waals surface area contributed by atoms with E-state index in [1.54, 1.807) is 14.2 Å². The highest BCUT2D eigenvalue weighted by molar-refractivity contribution is 7.15. The molecular formula is C15H15N3O3S. The van der Waals surface area contributed by atoms with E-state index in [2.05, 4.69) is 15.1 Å². The van der Waals surface area contributed by atoms with Crippen molar-refractivity contribution in [1.29, 1.82) is 0 Å². The molecule has 2 aromatic heterocycles. The van der Waals surface area contributed by atoms with Crippen molar-refractivity contribution >= 4 is 11.3 Å². The molecule has 0 amide bonds. The lowest BCUT2D eigenvalue weighted by Crippen LogP contribution is -1.85. The fourth-order valence-corrected chi connectivity index (χ4v) is 2.97. The van der Waals surface area contributed by atoms with Crippen LogP contribution in [0, 0.1) is 6.92 Å². The molecule has 0 spiro atoms. The number of hydrogen-bond donors (Lipinski definition) is 0. The summed E-state index contributed by atoms with van der Waals surface area (Å²) in [7, 11) is 3.27. The Morgan fingerprint density at radius 3 is 2.59 bits per heavy atom. The second-order valence-electron chi connectivity index (χ2n) is 4.61. The number of nitrogens with zero attached hydrogens (tertiary/aromatic N) is 3. The van der Waals surface area contributed by atoms with Crippen molar-refractivity contribution in [3.05, 3.63) is 35.0 Å². The summed E-state index contributed by atoms with van der Waals surface area (Å²) in [5.41, 5.74) is 1.73. The molecule has 0 aliphatic carbocycles. The molecule has 3 rings (SSSR count). The molecule has 22 heavy (non-hydrogen) atoms. The molecule has 0 bridgehead atoms. The number of benzene rings is 1. The lowest BCUT2D eigenvalue weighted by molar-refractivity contribution is 0.184. The molecule has 0 radical (unpaired) electrons. The Morgan fingerprint density at radius 2 is 1.91 bits per heavy atom. The molecule has 3 aromatic rings. The van der Waals surface area contributed by atoms with Crippen LogP contribution < -0.4 is 4.74 Å². The van der Waals surface area contributed by atoms with E-state index in [0.29, 0.717) is 18.3 Å². The minimum absolute atomic E-state index is 0.475. The molecule has 1 aromatic carbocycles. The highest BCUT2D eigenvalue weighted by Crippen LogP contribution is 2.30. The van der Waals surface area contributed by atoms with Gasteiger partial charge in [-0.1, -0.05) is 5.16 Å². The molecule has 0 fully saturated rings. The van der Waals surface area contributed by atoms with Crippen LogP contribution in [0.4, 0.5) is 0 Å². The van der Waals surface area contributed by atoms with Gasteiger partial charge in [-0.15, -0.1) is 11.3 Å². The van der Waals surface area contributed by atoms with Crippen LogP contribution in [-0.2, 0) is 11.3 Å². The maximum Gasteiger partial charge on any atom is 0.270 e. The van der Waals surface area contributed by atoms with Gasteiger partial charge < -0.3 is 14.0 Å². The Kier molecular flexibility index (Phi) is 4.17. The van der Waals surface area contributed by atoms with Gasteiger partial charge in [0.2, 0.25) is 5.82 Å². The first-order valence-electron chi connectivity index (χ1n) is 6.65. The van der Waals surface area contributed by atoms with Crippen molar-refractivity contribution in [3.8, 4) is 27.9 Å². The molecule has 0 saturated carbocycles. The first-order chi connectivity index (χ1) is 10.7. The molecule has 6 nitrogen and oxygen atoms in total. The summed E-state index contributed by atoms with van der Waals surface area (Å²) in [6.45, 7) is 2.40. The van der Waals surface area contributed by atoms with Crippen molar-refractivity contribution < 1.29 is 14.0 Å². The zero-order valence-corrected chi connectivity index (χ0v) is 13.3. The quantitative estimate of drug-likeness (QED) is 0.719. The second kappa shape index (κ2) is 6.25. The normalized spacial score (nSPS) is 10.9. The van der Waals surface area contributed by atoms with E-state index >= 15 is 0 Å². The number of hydrogen-bond acceptors (Lipinski definition) is 7. The Hall–Kier alpha value is -2.25. The number of thiazole rings is 1. The highest BCUT2D eigenvalue weighted by Gasteiger charge is 2.17. The van der Waals surface area contributed by atoms with E-state index in [4.69, 9.17) is 14.0 Å². The molecule has 2 heterocycles. The first kappa shape index (κ1) is 14.7. The van der Waals surface area contributed by atoms with E-state index in [-0.39, 0.29) is 0 Å². The molecule has 0 unspecified atom stereocenters. The van der Waals surface area contributed by atoms with Gasteiger partial charge in [-0.2, -0.15) is 4.98 Å². The van der Waals surface area contributed by atoms with Gasteiger partial charge in [-0.05, 0) is 31.2 Å². The maximum absolute atomic E-state index is 5.37. The van der Waals surface area contributed by atoms with Crippen molar-refractivity contribution in [2.24, 2.45) is 0 Å². The van der Waals surface area contributed by atoms with Gasteiger partial charge >= 0.3 is 0 Å². The molecule has 0 aliphatic rings. The standard InChI is InChI=1S/C15H15N3O3S/c1-9-13(22-12(16-9)8-19-2)15-17-14(18-21-15)10-4-6-11(20-3)7-5-10/h4-7H,8H2,1-3H3. The Balaban J connectivity index is 1.89. The maximum atomic E-state index is 5.37. The molecule has 0 atom stereocenters. The van der Waals surface area contributed by atoms with Crippen molar-refractivity contribution in [1.82, 2.24) is 15.1 Å². The van der Waals surface area contributed by atoms with Crippen molar-refractivity contribution in [2.45, 2.75) is 13.5 Å². The average Bonchev–Trinajstić information content (AvgIpc) is 3.14.